The molecule has 1 aliphatic rings. The normalized spacial score (nSPS) is 15.8. The van der Waals surface area contributed by atoms with E-state index in [-0.39, 0.29) is 18.2 Å². The highest BCUT2D eigenvalue weighted by Gasteiger charge is 2.33. The minimum absolute atomic E-state index is 0.0511. The van der Waals surface area contributed by atoms with E-state index < -0.39 is 23.6 Å². The molecule has 0 fully saturated rings. The van der Waals surface area contributed by atoms with Crippen molar-refractivity contribution in [2.45, 2.75) is 57.8 Å². The number of ether oxygens (including phenoxy) is 2. The average molecular weight is 540 g/mol. The molecule has 3 aromatic rings. The van der Waals surface area contributed by atoms with Crippen LogP contribution >= 0.6 is 11.6 Å². The molecule has 0 bridgehead atoms. The number of carbonyl (C=O) groups is 2. The first-order valence-electron chi connectivity index (χ1n) is 12.5. The summed E-state index contributed by atoms with van der Waals surface area (Å²) in [7, 11) is 0. The Labute approximate surface area is 226 Å². The van der Waals surface area contributed by atoms with Crippen molar-refractivity contribution >= 4 is 24.0 Å². The second-order valence-corrected chi connectivity index (χ2v) is 10.9. The van der Waals surface area contributed by atoms with Gasteiger partial charge in [0.05, 0.1) is 18.2 Å². The number of hydrogen-bond donors (Lipinski definition) is 1. The van der Waals surface area contributed by atoms with Gasteiger partial charge in [0.2, 0.25) is 0 Å². The predicted molar refractivity (Wildman–Crippen MR) is 143 cm³/mol. The molecular formula is C30H31ClFNO5. The molecule has 0 aromatic heterocycles. The zero-order chi connectivity index (χ0) is 27.4. The van der Waals surface area contributed by atoms with Crippen LogP contribution < -0.4 is 4.74 Å². The quantitative estimate of drug-likeness (QED) is 0.330. The van der Waals surface area contributed by atoms with Crippen molar-refractivity contribution in [1.29, 1.82) is 0 Å². The number of aryl methyl sites for hydroxylation is 1. The summed E-state index contributed by atoms with van der Waals surface area (Å²) >= 11 is 6.11. The van der Waals surface area contributed by atoms with E-state index in [0.29, 0.717) is 41.2 Å². The Morgan fingerprint density at radius 2 is 1.87 bits per heavy atom. The summed E-state index contributed by atoms with van der Waals surface area (Å²) in [5, 5.41) is 11.5. The maximum absolute atomic E-state index is 13.7. The van der Waals surface area contributed by atoms with Gasteiger partial charge in [-0.25, -0.2) is 9.18 Å². The molecule has 8 heteroatoms. The van der Waals surface area contributed by atoms with E-state index >= 15 is 0 Å². The fourth-order valence-corrected chi connectivity index (χ4v) is 4.75. The van der Waals surface area contributed by atoms with E-state index in [4.69, 9.17) is 21.1 Å². The first-order chi connectivity index (χ1) is 18.0. The third-order valence-corrected chi connectivity index (χ3v) is 6.62. The van der Waals surface area contributed by atoms with Gasteiger partial charge in [-0.2, -0.15) is 0 Å². The van der Waals surface area contributed by atoms with Crippen LogP contribution in [0.4, 0.5) is 9.18 Å². The third-order valence-electron chi connectivity index (χ3n) is 6.38. The zero-order valence-corrected chi connectivity index (χ0v) is 22.4. The lowest BCUT2D eigenvalue weighted by Crippen LogP contribution is -2.47. The number of nitrogens with zero attached hydrogens (tertiary/aromatic N) is 1. The largest absolute Gasteiger partial charge is 0.457 e. The van der Waals surface area contributed by atoms with Gasteiger partial charge in [0.25, 0.3) is 0 Å². The predicted octanol–water partition coefficient (Wildman–Crippen LogP) is 6.91. The minimum atomic E-state index is -0.942. The van der Waals surface area contributed by atoms with E-state index in [9.17, 15) is 19.1 Å². The minimum Gasteiger partial charge on any atom is -0.457 e. The highest BCUT2D eigenvalue weighted by molar-refractivity contribution is 6.30. The molecule has 0 saturated carbocycles. The van der Waals surface area contributed by atoms with Crippen LogP contribution in [0.25, 0.3) is 0 Å². The molecule has 1 aliphatic carbocycles. The topological polar surface area (TPSA) is 76.1 Å². The van der Waals surface area contributed by atoms with Crippen LogP contribution in [-0.4, -0.2) is 40.6 Å². The van der Waals surface area contributed by atoms with Crippen molar-refractivity contribution in [3.63, 3.8) is 0 Å². The lowest BCUT2D eigenvalue weighted by Gasteiger charge is -2.37. The molecule has 200 valence electrons. The van der Waals surface area contributed by atoms with Crippen LogP contribution in [0.3, 0.4) is 0 Å². The van der Waals surface area contributed by atoms with Gasteiger partial charge in [0.15, 0.2) is 6.29 Å². The summed E-state index contributed by atoms with van der Waals surface area (Å²) in [5.41, 5.74) is 1.99. The maximum atomic E-state index is 13.7. The number of aldehydes is 1. The molecule has 1 N–H and O–H groups in total. The summed E-state index contributed by atoms with van der Waals surface area (Å²) < 4.78 is 25.3. The van der Waals surface area contributed by atoms with Gasteiger partial charge in [-0.3, -0.25) is 4.79 Å². The lowest BCUT2D eigenvalue weighted by atomic mass is 9.87. The number of amides is 1. The number of rotatable bonds is 7. The molecule has 4 rings (SSSR count). The second-order valence-electron chi connectivity index (χ2n) is 10.4. The molecule has 0 spiro atoms. The van der Waals surface area contributed by atoms with Gasteiger partial charge in [-0.1, -0.05) is 29.8 Å². The first kappa shape index (κ1) is 27.6. The average Bonchev–Trinajstić information content (AvgIpc) is 2.86. The summed E-state index contributed by atoms with van der Waals surface area (Å²) in [4.78, 5) is 26.0. The highest BCUT2D eigenvalue weighted by Crippen LogP contribution is 2.32. The standard InChI is InChI=1S/C30H31ClFNO5/c1-30(2,3)38-29(36)33(17-28(35)20-5-4-6-23(31)13-20)24-9-7-19-8-10-25(15-21(19)14-24)37-26-11-12-27(32)22(16-26)18-34/h4-6,8,10-13,15-16,18,24,28,35H,7,9,14,17H2,1-3H3. The molecule has 2 unspecified atom stereocenters. The number of halogens is 2. The van der Waals surface area contributed by atoms with Gasteiger partial charge < -0.3 is 19.5 Å². The summed E-state index contributed by atoms with van der Waals surface area (Å²) in [6.45, 7) is 5.47. The van der Waals surface area contributed by atoms with Crippen molar-refractivity contribution in [3.8, 4) is 11.5 Å². The number of carbonyl (C=O) groups excluding carboxylic acids is 2. The molecule has 1 amide bonds. The van der Waals surface area contributed by atoms with E-state index in [1.807, 2.05) is 39.0 Å². The molecule has 38 heavy (non-hydrogen) atoms. The third kappa shape index (κ3) is 6.91. The summed E-state index contributed by atoms with van der Waals surface area (Å²) in [6.07, 6.45) is 0.989. The fraction of sp³-hybridized carbons (Fsp3) is 0.333. The van der Waals surface area contributed by atoms with Gasteiger partial charge in [-0.05, 0) is 99.2 Å². The molecule has 0 heterocycles. The number of benzene rings is 3. The van der Waals surface area contributed by atoms with Crippen LogP contribution in [0.1, 0.15) is 60.3 Å². The van der Waals surface area contributed by atoms with Crippen LogP contribution in [0.5, 0.6) is 11.5 Å². The lowest BCUT2D eigenvalue weighted by molar-refractivity contribution is 0.00195. The van der Waals surface area contributed by atoms with Crippen molar-refractivity contribution < 1.29 is 28.6 Å². The first-order valence-corrected chi connectivity index (χ1v) is 12.9. The monoisotopic (exact) mass is 539 g/mol. The fourth-order valence-electron chi connectivity index (χ4n) is 4.55. The Kier molecular flexibility index (Phi) is 8.38. The molecular weight excluding hydrogens is 509 g/mol. The van der Waals surface area contributed by atoms with Crippen molar-refractivity contribution in [2.24, 2.45) is 0 Å². The van der Waals surface area contributed by atoms with Crippen LogP contribution in [-0.2, 0) is 17.6 Å². The molecule has 2 atom stereocenters. The van der Waals surface area contributed by atoms with E-state index in [2.05, 4.69) is 0 Å². The molecule has 0 saturated heterocycles. The van der Waals surface area contributed by atoms with E-state index in [0.717, 1.165) is 17.5 Å². The Hall–Kier alpha value is -3.42. The SMILES string of the molecule is CC(C)(C)OC(=O)N(CC(O)c1cccc(Cl)c1)C1CCc2ccc(Oc3ccc(F)c(C=O)c3)cc2C1. The van der Waals surface area contributed by atoms with E-state index in [1.54, 1.807) is 29.2 Å². The summed E-state index contributed by atoms with van der Waals surface area (Å²) in [6, 6.07) is 16.4. The van der Waals surface area contributed by atoms with E-state index in [1.165, 1.54) is 18.2 Å². The molecule has 6 nitrogen and oxygen atoms in total. The Balaban J connectivity index is 1.56. The number of aliphatic hydroxyl groups is 1. The summed E-state index contributed by atoms with van der Waals surface area (Å²) in [5.74, 6) is 0.277. The van der Waals surface area contributed by atoms with Gasteiger partial charge >= 0.3 is 6.09 Å². The number of aliphatic hydroxyl groups excluding tert-OH is 1. The van der Waals surface area contributed by atoms with Crippen molar-refractivity contribution in [3.05, 3.63) is 93.8 Å². The van der Waals surface area contributed by atoms with Crippen molar-refractivity contribution in [1.82, 2.24) is 4.90 Å². The van der Waals surface area contributed by atoms with Gasteiger partial charge in [0.1, 0.15) is 22.9 Å². The molecule has 0 aliphatic heterocycles. The Morgan fingerprint density at radius 1 is 1.13 bits per heavy atom. The second kappa shape index (κ2) is 11.5. The van der Waals surface area contributed by atoms with Gasteiger partial charge in [-0.15, -0.1) is 0 Å². The smallest absolute Gasteiger partial charge is 0.410 e. The number of fused-ring (bicyclic) bond motifs is 1. The molecule has 3 aromatic carbocycles. The van der Waals surface area contributed by atoms with Crippen LogP contribution in [0, 0.1) is 5.82 Å². The molecule has 0 radical (unpaired) electrons. The Bertz CT molecular complexity index is 1320. The highest BCUT2D eigenvalue weighted by atomic mass is 35.5. The van der Waals surface area contributed by atoms with Crippen LogP contribution in [0.15, 0.2) is 60.7 Å². The zero-order valence-electron chi connectivity index (χ0n) is 21.6. The Morgan fingerprint density at radius 3 is 2.58 bits per heavy atom. The van der Waals surface area contributed by atoms with Crippen molar-refractivity contribution in [2.75, 3.05) is 6.54 Å². The maximum Gasteiger partial charge on any atom is 0.410 e. The number of hydrogen-bond acceptors (Lipinski definition) is 5. The van der Waals surface area contributed by atoms with Gasteiger partial charge in [0, 0.05) is 11.1 Å². The van der Waals surface area contributed by atoms with Crippen LogP contribution in [0.2, 0.25) is 5.02 Å².